The summed E-state index contributed by atoms with van der Waals surface area (Å²) < 4.78 is 11.7. The van der Waals surface area contributed by atoms with Crippen molar-refractivity contribution in [2.45, 2.75) is 20.0 Å². The van der Waals surface area contributed by atoms with Gasteiger partial charge in [-0.2, -0.15) is 0 Å². The van der Waals surface area contributed by atoms with Crippen molar-refractivity contribution < 1.29 is 9.15 Å². The highest BCUT2D eigenvalue weighted by Crippen LogP contribution is 2.28. The van der Waals surface area contributed by atoms with E-state index in [2.05, 4.69) is 26.1 Å². The Morgan fingerprint density at radius 1 is 1.35 bits per heavy atom. The van der Waals surface area contributed by atoms with Crippen molar-refractivity contribution in [3.05, 3.63) is 39.5 Å². The molecule has 1 heterocycles. The molecule has 0 saturated carbocycles. The minimum atomic E-state index is 0.217. The van der Waals surface area contributed by atoms with Gasteiger partial charge in [-0.1, -0.05) is 34.5 Å². The average molecular weight is 318 g/mol. The van der Waals surface area contributed by atoms with E-state index in [4.69, 9.17) is 20.8 Å². The minimum Gasteiger partial charge on any atom is -0.482 e. The molecule has 0 aliphatic rings. The second-order valence-electron chi connectivity index (χ2n) is 3.31. The summed E-state index contributed by atoms with van der Waals surface area (Å²) in [5.74, 6) is 1.64. The van der Waals surface area contributed by atoms with Gasteiger partial charge in [0, 0.05) is 10.9 Å². The van der Waals surface area contributed by atoms with E-state index >= 15 is 0 Å². The first-order valence-corrected chi connectivity index (χ1v) is 6.25. The van der Waals surface area contributed by atoms with Gasteiger partial charge in [0.2, 0.25) is 5.89 Å². The van der Waals surface area contributed by atoms with E-state index in [1.807, 2.05) is 13.0 Å². The molecule has 0 fully saturated rings. The number of rotatable bonds is 4. The fraction of sp³-hybridized carbons (Fsp3) is 0.273. The number of nitrogens with zero attached hydrogens (tertiary/aromatic N) is 2. The van der Waals surface area contributed by atoms with Gasteiger partial charge in [-0.15, -0.1) is 10.2 Å². The highest BCUT2D eigenvalue weighted by molar-refractivity contribution is 9.10. The molecule has 0 saturated heterocycles. The van der Waals surface area contributed by atoms with Gasteiger partial charge in [0.25, 0.3) is 5.89 Å². The SMILES string of the molecule is CCc1nnc(COc2ccc(Br)cc2Cl)o1. The Hall–Kier alpha value is -1.07. The first kappa shape index (κ1) is 12.4. The fourth-order valence-electron chi connectivity index (χ4n) is 1.22. The van der Waals surface area contributed by atoms with E-state index in [-0.39, 0.29) is 6.61 Å². The van der Waals surface area contributed by atoms with Crippen LogP contribution in [-0.4, -0.2) is 10.2 Å². The Labute approximate surface area is 112 Å². The van der Waals surface area contributed by atoms with Crippen LogP contribution in [0.5, 0.6) is 5.75 Å². The molecule has 0 radical (unpaired) electrons. The highest BCUT2D eigenvalue weighted by Gasteiger charge is 2.07. The van der Waals surface area contributed by atoms with Crippen LogP contribution >= 0.6 is 27.5 Å². The number of aromatic nitrogens is 2. The predicted molar refractivity (Wildman–Crippen MR) is 67.2 cm³/mol. The zero-order chi connectivity index (χ0) is 12.3. The zero-order valence-corrected chi connectivity index (χ0v) is 11.5. The first-order valence-electron chi connectivity index (χ1n) is 5.08. The summed E-state index contributed by atoms with van der Waals surface area (Å²) in [6.07, 6.45) is 0.714. The van der Waals surface area contributed by atoms with Gasteiger partial charge in [-0.25, -0.2) is 0 Å². The van der Waals surface area contributed by atoms with Crippen molar-refractivity contribution in [1.82, 2.24) is 10.2 Å². The van der Waals surface area contributed by atoms with Crippen LogP contribution < -0.4 is 4.74 Å². The molecule has 0 unspecified atom stereocenters. The molecule has 0 spiro atoms. The maximum absolute atomic E-state index is 6.01. The number of benzene rings is 1. The normalized spacial score (nSPS) is 10.5. The summed E-state index contributed by atoms with van der Waals surface area (Å²) >= 11 is 9.33. The largest absolute Gasteiger partial charge is 0.482 e. The smallest absolute Gasteiger partial charge is 0.253 e. The Bertz CT molecular complexity index is 516. The minimum absolute atomic E-state index is 0.217. The molecule has 17 heavy (non-hydrogen) atoms. The van der Waals surface area contributed by atoms with Gasteiger partial charge in [0.05, 0.1) is 5.02 Å². The van der Waals surface area contributed by atoms with Gasteiger partial charge in [0.15, 0.2) is 6.61 Å². The molecule has 1 aromatic carbocycles. The van der Waals surface area contributed by atoms with Gasteiger partial charge in [0.1, 0.15) is 5.75 Å². The maximum atomic E-state index is 6.01. The van der Waals surface area contributed by atoms with Crippen LogP contribution in [0.2, 0.25) is 5.02 Å². The van der Waals surface area contributed by atoms with Gasteiger partial charge >= 0.3 is 0 Å². The number of ether oxygens (including phenoxy) is 1. The third-order valence-corrected chi connectivity index (χ3v) is 2.84. The molecule has 0 amide bonds. The maximum Gasteiger partial charge on any atom is 0.253 e. The average Bonchev–Trinajstić information content (AvgIpc) is 2.76. The predicted octanol–water partition coefficient (Wildman–Crippen LogP) is 3.63. The number of aryl methyl sites for hydroxylation is 1. The molecule has 0 N–H and O–H groups in total. The molecule has 0 aliphatic heterocycles. The molecule has 4 nitrogen and oxygen atoms in total. The summed E-state index contributed by atoms with van der Waals surface area (Å²) in [5.41, 5.74) is 0. The van der Waals surface area contributed by atoms with E-state index < -0.39 is 0 Å². The number of hydrogen-bond donors (Lipinski definition) is 0. The van der Waals surface area contributed by atoms with Gasteiger partial charge < -0.3 is 9.15 Å². The third-order valence-electron chi connectivity index (χ3n) is 2.06. The summed E-state index contributed by atoms with van der Waals surface area (Å²) in [4.78, 5) is 0. The van der Waals surface area contributed by atoms with E-state index in [0.29, 0.717) is 29.0 Å². The lowest BCUT2D eigenvalue weighted by molar-refractivity contribution is 0.259. The lowest BCUT2D eigenvalue weighted by atomic mass is 10.3. The Morgan fingerprint density at radius 3 is 2.76 bits per heavy atom. The van der Waals surface area contributed by atoms with Crippen molar-refractivity contribution in [3.63, 3.8) is 0 Å². The van der Waals surface area contributed by atoms with Crippen LogP contribution in [0.4, 0.5) is 0 Å². The second kappa shape index (κ2) is 5.51. The Morgan fingerprint density at radius 2 is 2.12 bits per heavy atom. The highest BCUT2D eigenvalue weighted by atomic mass is 79.9. The Balaban J connectivity index is 2.02. The van der Waals surface area contributed by atoms with Crippen LogP contribution in [0.1, 0.15) is 18.7 Å². The van der Waals surface area contributed by atoms with Crippen LogP contribution in [-0.2, 0) is 13.0 Å². The van der Waals surface area contributed by atoms with E-state index in [1.54, 1.807) is 12.1 Å². The fourth-order valence-corrected chi connectivity index (χ4v) is 1.95. The van der Waals surface area contributed by atoms with Crippen LogP contribution in [0.25, 0.3) is 0 Å². The second-order valence-corrected chi connectivity index (χ2v) is 4.63. The van der Waals surface area contributed by atoms with Crippen LogP contribution in [0, 0.1) is 0 Å². The summed E-state index contributed by atoms with van der Waals surface area (Å²) in [5, 5.41) is 8.24. The van der Waals surface area contributed by atoms with Crippen molar-refractivity contribution in [3.8, 4) is 5.75 Å². The lowest BCUT2D eigenvalue weighted by Crippen LogP contribution is -1.96. The van der Waals surface area contributed by atoms with Crippen molar-refractivity contribution >= 4 is 27.5 Å². The molecule has 1 aromatic heterocycles. The van der Waals surface area contributed by atoms with Crippen molar-refractivity contribution in [2.75, 3.05) is 0 Å². The van der Waals surface area contributed by atoms with Gasteiger partial charge in [-0.3, -0.25) is 0 Å². The Kier molecular flexibility index (Phi) is 4.02. The third kappa shape index (κ3) is 3.20. The summed E-state index contributed by atoms with van der Waals surface area (Å²) in [6.45, 7) is 2.16. The lowest BCUT2D eigenvalue weighted by Gasteiger charge is -2.05. The monoisotopic (exact) mass is 316 g/mol. The quantitative estimate of drug-likeness (QED) is 0.864. The van der Waals surface area contributed by atoms with E-state index in [9.17, 15) is 0 Å². The number of halogens is 2. The zero-order valence-electron chi connectivity index (χ0n) is 9.11. The molecule has 2 rings (SSSR count). The van der Waals surface area contributed by atoms with E-state index in [0.717, 1.165) is 4.47 Å². The van der Waals surface area contributed by atoms with Crippen LogP contribution in [0.15, 0.2) is 27.1 Å². The topological polar surface area (TPSA) is 48.2 Å². The molecular weight excluding hydrogens is 307 g/mol. The molecule has 2 aromatic rings. The number of hydrogen-bond acceptors (Lipinski definition) is 4. The van der Waals surface area contributed by atoms with Crippen LogP contribution in [0.3, 0.4) is 0 Å². The molecule has 6 heteroatoms. The molecular formula is C11H10BrClN2O2. The van der Waals surface area contributed by atoms with Crippen molar-refractivity contribution in [1.29, 1.82) is 0 Å². The molecule has 0 bridgehead atoms. The first-order chi connectivity index (χ1) is 8.19. The molecule has 90 valence electrons. The van der Waals surface area contributed by atoms with Gasteiger partial charge in [-0.05, 0) is 18.2 Å². The summed E-state index contributed by atoms with van der Waals surface area (Å²) in [7, 11) is 0. The molecule has 0 aliphatic carbocycles. The van der Waals surface area contributed by atoms with E-state index in [1.165, 1.54) is 0 Å². The van der Waals surface area contributed by atoms with Crippen molar-refractivity contribution in [2.24, 2.45) is 0 Å². The molecule has 0 atom stereocenters. The summed E-state index contributed by atoms with van der Waals surface area (Å²) in [6, 6.07) is 5.40. The standard InChI is InChI=1S/C11H10BrClN2O2/c1-2-10-14-15-11(17-10)6-16-9-4-3-7(12)5-8(9)13/h3-5H,2,6H2,1H3.